The quantitative estimate of drug-likeness (QED) is 0.487. The summed E-state index contributed by atoms with van der Waals surface area (Å²) in [6.45, 7) is 8.32. The van der Waals surface area contributed by atoms with E-state index in [4.69, 9.17) is 14.5 Å². The van der Waals surface area contributed by atoms with Crippen LogP contribution in [-0.4, -0.2) is 28.4 Å². The first kappa shape index (κ1) is 25.6. The zero-order valence-electron chi connectivity index (χ0n) is 20.7. The van der Waals surface area contributed by atoms with E-state index in [0.29, 0.717) is 66.6 Å². The summed E-state index contributed by atoms with van der Waals surface area (Å²) in [6, 6.07) is 2.48. The third kappa shape index (κ3) is 3.86. The fraction of sp³-hybridized carbons (Fsp3) is 0.593. The molecule has 0 bridgehead atoms. The Balaban J connectivity index is 1.79. The van der Waals surface area contributed by atoms with Gasteiger partial charge in [0.15, 0.2) is 0 Å². The van der Waals surface area contributed by atoms with Gasteiger partial charge in [-0.3, -0.25) is 4.98 Å². The van der Waals surface area contributed by atoms with Crippen molar-refractivity contribution in [3.05, 3.63) is 63.2 Å². The number of aliphatic hydroxyl groups excluding tert-OH is 2. The number of halogens is 4. The number of ether oxygens (including phenoxy) is 2. The van der Waals surface area contributed by atoms with Crippen molar-refractivity contribution < 1.29 is 37.2 Å². The van der Waals surface area contributed by atoms with Crippen molar-refractivity contribution in [2.45, 2.75) is 83.0 Å². The van der Waals surface area contributed by atoms with Gasteiger partial charge in [0.2, 0.25) is 0 Å². The Kier molecular flexibility index (Phi) is 6.02. The molecule has 1 saturated heterocycles. The van der Waals surface area contributed by atoms with Crippen molar-refractivity contribution in [1.29, 1.82) is 0 Å². The molecule has 0 radical (unpaired) electrons. The van der Waals surface area contributed by atoms with Crippen molar-refractivity contribution in [2.75, 3.05) is 13.2 Å². The summed E-state index contributed by atoms with van der Waals surface area (Å²) in [7, 11) is 0. The van der Waals surface area contributed by atoms with Gasteiger partial charge in [-0.05, 0) is 35.4 Å². The monoisotopic (exact) mass is 509 g/mol. The molecule has 1 aromatic heterocycles. The van der Waals surface area contributed by atoms with Crippen molar-refractivity contribution in [1.82, 2.24) is 4.98 Å². The largest absolute Gasteiger partial charge is 0.416 e. The molecular weight excluding hydrogens is 478 g/mol. The molecule has 5 rings (SSSR count). The van der Waals surface area contributed by atoms with Gasteiger partial charge in [0.05, 0.1) is 23.0 Å². The number of rotatable bonds is 2. The number of benzene rings is 1. The summed E-state index contributed by atoms with van der Waals surface area (Å²) in [5, 5.41) is 22.6. The van der Waals surface area contributed by atoms with Gasteiger partial charge in [-0.15, -0.1) is 0 Å². The molecule has 36 heavy (non-hydrogen) atoms. The highest BCUT2D eigenvalue weighted by atomic mass is 19.4. The van der Waals surface area contributed by atoms with E-state index in [1.165, 1.54) is 0 Å². The van der Waals surface area contributed by atoms with Gasteiger partial charge in [-0.1, -0.05) is 33.8 Å². The molecule has 5 nitrogen and oxygen atoms in total. The average molecular weight is 510 g/mol. The second kappa shape index (κ2) is 8.48. The Hall–Kier alpha value is -2.07. The minimum atomic E-state index is -4.67. The molecule has 3 atom stereocenters. The maximum absolute atomic E-state index is 15.3. The molecule has 1 aliphatic carbocycles. The van der Waals surface area contributed by atoms with Crippen LogP contribution in [0.3, 0.4) is 0 Å². The van der Waals surface area contributed by atoms with Crippen LogP contribution in [-0.2, 0) is 21.3 Å². The maximum atomic E-state index is 15.3. The van der Waals surface area contributed by atoms with E-state index in [0.717, 1.165) is 12.1 Å². The van der Waals surface area contributed by atoms with E-state index in [-0.39, 0.29) is 11.5 Å². The van der Waals surface area contributed by atoms with Crippen LogP contribution in [0.1, 0.15) is 110 Å². The minimum absolute atomic E-state index is 0.0116. The van der Waals surface area contributed by atoms with E-state index in [1.54, 1.807) is 0 Å². The molecule has 1 spiro atoms. The molecule has 196 valence electrons. The fourth-order valence-electron chi connectivity index (χ4n) is 6.02. The van der Waals surface area contributed by atoms with Crippen molar-refractivity contribution in [2.24, 2.45) is 5.41 Å². The summed E-state index contributed by atoms with van der Waals surface area (Å²) in [4.78, 5) is 4.83. The third-order valence-corrected chi connectivity index (χ3v) is 7.90. The number of pyridine rings is 1. The van der Waals surface area contributed by atoms with Gasteiger partial charge >= 0.3 is 6.18 Å². The molecule has 2 N–H and O–H groups in total. The Labute approximate surface area is 207 Å². The average Bonchev–Trinajstić information content (AvgIpc) is 3.10. The zero-order chi connectivity index (χ0) is 26.2. The molecule has 1 fully saturated rings. The molecule has 2 aromatic rings. The molecule has 3 heterocycles. The standard InChI is InChI=1S/C27H31F4NO4/c1-13(2)21-19-20(18-17(33)12-25(3,4)24(34)22(18)32-21)26(7-9-35-10-8-26)36-23(19)15-6-5-14(11-16(15)28)27(29,30)31/h5-6,11,13,17,23-24,33-34H,7-10,12H2,1-4H3/t17?,23-,24-/m1/s1. The summed E-state index contributed by atoms with van der Waals surface area (Å²) in [5.74, 6) is -1.17. The second-order valence-corrected chi connectivity index (χ2v) is 11.2. The summed E-state index contributed by atoms with van der Waals surface area (Å²) in [5.41, 5.74) is 0.0947. The van der Waals surface area contributed by atoms with Gasteiger partial charge in [-0.2, -0.15) is 13.2 Å². The van der Waals surface area contributed by atoms with E-state index < -0.39 is 46.9 Å². The van der Waals surface area contributed by atoms with Gasteiger partial charge in [0.25, 0.3) is 0 Å². The molecule has 2 aliphatic heterocycles. The third-order valence-electron chi connectivity index (χ3n) is 7.90. The Morgan fingerprint density at radius 2 is 1.75 bits per heavy atom. The Morgan fingerprint density at radius 3 is 2.33 bits per heavy atom. The number of aromatic nitrogens is 1. The number of alkyl halides is 3. The number of hydrogen-bond acceptors (Lipinski definition) is 5. The zero-order valence-corrected chi connectivity index (χ0v) is 20.7. The van der Waals surface area contributed by atoms with Crippen molar-refractivity contribution >= 4 is 0 Å². The predicted octanol–water partition coefficient (Wildman–Crippen LogP) is 5.98. The molecule has 1 unspecified atom stereocenters. The molecular formula is C27H31F4NO4. The van der Waals surface area contributed by atoms with Crippen molar-refractivity contribution in [3.8, 4) is 0 Å². The van der Waals surface area contributed by atoms with Gasteiger partial charge in [0.1, 0.15) is 18.0 Å². The second-order valence-electron chi connectivity index (χ2n) is 11.2. The first-order chi connectivity index (χ1) is 16.8. The lowest BCUT2D eigenvalue weighted by Crippen LogP contribution is -2.38. The molecule has 9 heteroatoms. The molecule has 0 saturated carbocycles. The van der Waals surface area contributed by atoms with E-state index in [9.17, 15) is 23.4 Å². The SMILES string of the molecule is CC(C)c1nc2c(c3c1[C@@H](c1ccc(C(F)(F)F)cc1F)OC31CCOCC1)C(O)CC(C)(C)[C@@H]2O. The van der Waals surface area contributed by atoms with Crippen LogP contribution in [0.15, 0.2) is 18.2 Å². The van der Waals surface area contributed by atoms with Crippen LogP contribution in [0.25, 0.3) is 0 Å². The van der Waals surface area contributed by atoms with Gasteiger partial charge in [0, 0.05) is 48.4 Å². The van der Waals surface area contributed by atoms with E-state index >= 15 is 4.39 Å². The molecule has 0 amide bonds. The Bertz CT molecular complexity index is 1190. The van der Waals surface area contributed by atoms with Crippen LogP contribution in [0.5, 0.6) is 0 Å². The summed E-state index contributed by atoms with van der Waals surface area (Å²) in [6.07, 6.45) is -6.39. The van der Waals surface area contributed by atoms with E-state index in [2.05, 4.69) is 0 Å². The van der Waals surface area contributed by atoms with Crippen molar-refractivity contribution in [3.63, 3.8) is 0 Å². The Morgan fingerprint density at radius 1 is 1.08 bits per heavy atom. The highest BCUT2D eigenvalue weighted by Crippen LogP contribution is 2.59. The van der Waals surface area contributed by atoms with Crippen LogP contribution in [0.2, 0.25) is 0 Å². The lowest BCUT2D eigenvalue weighted by atomic mass is 9.68. The maximum Gasteiger partial charge on any atom is 0.416 e. The predicted molar refractivity (Wildman–Crippen MR) is 123 cm³/mol. The van der Waals surface area contributed by atoms with Crippen LogP contribution in [0.4, 0.5) is 17.6 Å². The molecule has 1 aromatic carbocycles. The normalized spacial score (nSPS) is 26.8. The van der Waals surface area contributed by atoms with E-state index in [1.807, 2.05) is 27.7 Å². The lowest BCUT2D eigenvalue weighted by molar-refractivity contribution is -0.138. The van der Waals surface area contributed by atoms with Crippen LogP contribution < -0.4 is 0 Å². The first-order valence-electron chi connectivity index (χ1n) is 12.3. The summed E-state index contributed by atoms with van der Waals surface area (Å²) < 4.78 is 67.2. The smallest absolute Gasteiger partial charge is 0.388 e. The number of fused-ring (bicyclic) bond motifs is 4. The van der Waals surface area contributed by atoms with Crippen LogP contribution >= 0.6 is 0 Å². The lowest BCUT2D eigenvalue weighted by Gasteiger charge is -2.42. The number of aliphatic hydroxyl groups is 2. The summed E-state index contributed by atoms with van der Waals surface area (Å²) >= 11 is 0. The molecule has 3 aliphatic rings. The highest BCUT2D eigenvalue weighted by Gasteiger charge is 2.54. The van der Waals surface area contributed by atoms with Gasteiger partial charge in [-0.25, -0.2) is 4.39 Å². The number of nitrogens with zero attached hydrogens (tertiary/aromatic N) is 1. The number of hydrogen-bond donors (Lipinski definition) is 2. The highest BCUT2D eigenvalue weighted by molar-refractivity contribution is 5.55. The fourth-order valence-corrected chi connectivity index (χ4v) is 6.02. The van der Waals surface area contributed by atoms with Gasteiger partial charge < -0.3 is 19.7 Å². The van der Waals surface area contributed by atoms with Crippen LogP contribution in [0, 0.1) is 11.2 Å². The topological polar surface area (TPSA) is 71.8 Å². The minimum Gasteiger partial charge on any atom is -0.388 e. The first-order valence-corrected chi connectivity index (χ1v) is 12.3.